The summed E-state index contributed by atoms with van der Waals surface area (Å²) in [6.07, 6.45) is 7.45. The summed E-state index contributed by atoms with van der Waals surface area (Å²) >= 11 is 0. The van der Waals surface area contributed by atoms with Crippen molar-refractivity contribution in [3.63, 3.8) is 0 Å². The fraction of sp³-hybridized carbons (Fsp3) is 0.818. The maximum absolute atomic E-state index is 5.65. The summed E-state index contributed by atoms with van der Waals surface area (Å²) in [5.41, 5.74) is 0. The Labute approximate surface area is 85.0 Å². The molecule has 80 valence electrons. The van der Waals surface area contributed by atoms with Crippen LogP contribution in [0.3, 0.4) is 0 Å². The minimum atomic E-state index is 0.396. The first-order valence-corrected chi connectivity index (χ1v) is 5.26. The molecule has 0 spiro atoms. The highest BCUT2D eigenvalue weighted by Gasteiger charge is 2.36. The normalized spacial score (nSPS) is 34.2. The molecule has 0 saturated heterocycles. The number of allylic oxidation sites excluding steroid dienone is 1. The van der Waals surface area contributed by atoms with Crippen molar-refractivity contribution in [2.75, 3.05) is 27.1 Å². The topological polar surface area (TPSA) is 27.7 Å². The molecule has 0 aromatic rings. The number of hydrogen-bond donors (Lipinski definition) is 0. The van der Waals surface area contributed by atoms with Crippen molar-refractivity contribution in [1.29, 1.82) is 0 Å². The Hall–Kier alpha value is -0.380. The molecule has 2 aliphatic rings. The molecular formula is C11H18O3. The summed E-state index contributed by atoms with van der Waals surface area (Å²) in [6.45, 7) is 1.66. The largest absolute Gasteiger partial charge is 0.382 e. The van der Waals surface area contributed by atoms with Gasteiger partial charge in [0.25, 0.3) is 0 Å². The predicted octanol–water partition coefficient (Wildman–Crippen LogP) is 1.59. The van der Waals surface area contributed by atoms with Crippen molar-refractivity contribution in [2.45, 2.75) is 18.9 Å². The van der Waals surface area contributed by atoms with E-state index < -0.39 is 0 Å². The minimum Gasteiger partial charge on any atom is -0.382 e. The van der Waals surface area contributed by atoms with E-state index >= 15 is 0 Å². The molecule has 1 saturated carbocycles. The van der Waals surface area contributed by atoms with Crippen LogP contribution in [0.1, 0.15) is 12.8 Å². The molecule has 14 heavy (non-hydrogen) atoms. The molecule has 1 fully saturated rings. The lowest BCUT2D eigenvalue weighted by Gasteiger charge is -2.18. The molecule has 3 nitrogen and oxygen atoms in total. The van der Waals surface area contributed by atoms with Crippen molar-refractivity contribution in [1.82, 2.24) is 0 Å². The molecule has 0 heterocycles. The van der Waals surface area contributed by atoms with Gasteiger partial charge in [-0.1, -0.05) is 12.2 Å². The van der Waals surface area contributed by atoms with Gasteiger partial charge in [0, 0.05) is 13.0 Å². The molecule has 3 atom stereocenters. The van der Waals surface area contributed by atoms with Crippen molar-refractivity contribution in [3.05, 3.63) is 12.2 Å². The number of hydrogen-bond acceptors (Lipinski definition) is 3. The van der Waals surface area contributed by atoms with Crippen molar-refractivity contribution in [3.8, 4) is 0 Å². The number of rotatable bonds is 6. The van der Waals surface area contributed by atoms with Crippen LogP contribution in [0, 0.1) is 11.8 Å². The minimum absolute atomic E-state index is 0.396. The average molecular weight is 198 g/mol. The summed E-state index contributed by atoms with van der Waals surface area (Å²) in [4.78, 5) is 0. The van der Waals surface area contributed by atoms with Gasteiger partial charge in [0.1, 0.15) is 6.79 Å². The van der Waals surface area contributed by atoms with Crippen LogP contribution >= 0.6 is 0 Å². The Morgan fingerprint density at radius 1 is 1.21 bits per heavy atom. The maximum atomic E-state index is 5.65. The Bertz CT molecular complexity index is 203. The third-order valence-electron chi connectivity index (χ3n) is 3.02. The van der Waals surface area contributed by atoms with E-state index in [-0.39, 0.29) is 0 Å². The molecular weight excluding hydrogens is 180 g/mol. The average Bonchev–Trinajstić information content (AvgIpc) is 2.79. The van der Waals surface area contributed by atoms with Crippen LogP contribution in [-0.2, 0) is 14.2 Å². The van der Waals surface area contributed by atoms with Crippen molar-refractivity contribution >= 4 is 0 Å². The summed E-state index contributed by atoms with van der Waals surface area (Å²) in [6, 6.07) is 0. The van der Waals surface area contributed by atoms with Crippen LogP contribution in [-0.4, -0.2) is 33.2 Å². The van der Waals surface area contributed by atoms with Gasteiger partial charge in [-0.3, -0.25) is 0 Å². The number of methoxy groups -OCH3 is 1. The van der Waals surface area contributed by atoms with Gasteiger partial charge in [-0.2, -0.15) is 0 Å². The summed E-state index contributed by atoms with van der Waals surface area (Å²) in [5, 5.41) is 0. The fourth-order valence-electron chi connectivity index (χ4n) is 2.26. The third-order valence-corrected chi connectivity index (χ3v) is 3.02. The van der Waals surface area contributed by atoms with Crippen LogP contribution in [0.15, 0.2) is 12.2 Å². The van der Waals surface area contributed by atoms with E-state index in [1.165, 1.54) is 12.8 Å². The number of fused-ring (bicyclic) bond motifs is 2. The smallest absolute Gasteiger partial charge is 0.147 e. The molecule has 0 aliphatic heterocycles. The molecule has 2 aliphatic carbocycles. The second kappa shape index (κ2) is 4.91. The zero-order valence-corrected chi connectivity index (χ0v) is 8.65. The zero-order chi connectivity index (χ0) is 9.80. The van der Waals surface area contributed by atoms with Crippen LogP contribution in [0.25, 0.3) is 0 Å². The third kappa shape index (κ3) is 2.35. The monoisotopic (exact) mass is 198 g/mol. The van der Waals surface area contributed by atoms with Gasteiger partial charge in [-0.15, -0.1) is 0 Å². The highest BCUT2D eigenvalue weighted by Crippen LogP contribution is 2.40. The molecule has 0 amide bonds. The molecule has 3 heteroatoms. The maximum Gasteiger partial charge on any atom is 0.147 e. The van der Waals surface area contributed by atoms with E-state index in [0.717, 1.165) is 5.92 Å². The lowest BCUT2D eigenvalue weighted by molar-refractivity contribution is -0.103. The van der Waals surface area contributed by atoms with Crippen LogP contribution < -0.4 is 0 Å². The molecule has 2 rings (SSSR count). The highest BCUT2D eigenvalue weighted by molar-refractivity contribution is 5.10. The molecule has 0 aromatic heterocycles. The quantitative estimate of drug-likeness (QED) is 0.368. The summed E-state index contributed by atoms with van der Waals surface area (Å²) in [5.74, 6) is 1.41. The SMILES string of the molecule is COCCOCO[C@H]1C[C@H]2C=C[C@@H]1C2. The van der Waals surface area contributed by atoms with Crippen LogP contribution in [0.2, 0.25) is 0 Å². The van der Waals surface area contributed by atoms with E-state index in [0.29, 0.717) is 32.0 Å². The lowest BCUT2D eigenvalue weighted by atomic mass is 10.1. The van der Waals surface area contributed by atoms with E-state index in [2.05, 4.69) is 12.2 Å². The zero-order valence-electron chi connectivity index (χ0n) is 8.65. The first-order valence-electron chi connectivity index (χ1n) is 5.26. The summed E-state index contributed by atoms with van der Waals surface area (Å²) in [7, 11) is 1.67. The molecule has 0 radical (unpaired) electrons. The van der Waals surface area contributed by atoms with Gasteiger partial charge < -0.3 is 14.2 Å². The van der Waals surface area contributed by atoms with E-state index in [1.54, 1.807) is 7.11 Å². The second-order valence-corrected chi connectivity index (χ2v) is 4.00. The van der Waals surface area contributed by atoms with E-state index in [1.807, 2.05) is 0 Å². The van der Waals surface area contributed by atoms with Gasteiger partial charge in [-0.25, -0.2) is 0 Å². The first kappa shape index (κ1) is 10.1. The van der Waals surface area contributed by atoms with Gasteiger partial charge in [0.2, 0.25) is 0 Å². The first-order chi connectivity index (χ1) is 6.90. The standard InChI is InChI=1S/C11H18O3/c1-12-4-5-13-8-14-11-7-9-2-3-10(11)6-9/h2-3,9-11H,4-8H2,1H3/t9-,10+,11-/m0/s1. The number of ether oxygens (including phenoxy) is 3. The Morgan fingerprint density at radius 3 is 2.79 bits per heavy atom. The molecule has 0 unspecified atom stereocenters. The Kier molecular flexibility index (Phi) is 3.56. The Morgan fingerprint density at radius 2 is 2.14 bits per heavy atom. The molecule has 2 bridgehead atoms. The van der Waals surface area contributed by atoms with E-state index in [4.69, 9.17) is 14.2 Å². The van der Waals surface area contributed by atoms with Crippen molar-refractivity contribution < 1.29 is 14.2 Å². The van der Waals surface area contributed by atoms with Gasteiger partial charge in [-0.05, 0) is 18.8 Å². The van der Waals surface area contributed by atoms with Crippen LogP contribution in [0.4, 0.5) is 0 Å². The highest BCUT2D eigenvalue weighted by atomic mass is 16.7. The van der Waals surface area contributed by atoms with Crippen LogP contribution in [0.5, 0.6) is 0 Å². The fourth-order valence-corrected chi connectivity index (χ4v) is 2.26. The summed E-state index contributed by atoms with van der Waals surface area (Å²) < 4.78 is 15.8. The van der Waals surface area contributed by atoms with Crippen molar-refractivity contribution in [2.24, 2.45) is 11.8 Å². The lowest BCUT2D eigenvalue weighted by Crippen LogP contribution is -2.20. The molecule has 0 aromatic carbocycles. The van der Waals surface area contributed by atoms with E-state index in [9.17, 15) is 0 Å². The predicted molar refractivity (Wildman–Crippen MR) is 52.9 cm³/mol. The second-order valence-electron chi connectivity index (χ2n) is 4.00. The molecule has 0 N–H and O–H groups in total. The Balaban J connectivity index is 1.56. The van der Waals surface area contributed by atoms with Gasteiger partial charge in [0.05, 0.1) is 19.3 Å². The van der Waals surface area contributed by atoms with Gasteiger partial charge >= 0.3 is 0 Å². The van der Waals surface area contributed by atoms with Gasteiger partial charge in [0.15, 0.2) is 0 Å².